The quantitative estimate of drug-likeness (QED) is 0.724. The van der Waals surface area contributed by atoms with Crippen LogP contribution in [0.4, 0.5) is 4.79 Å². The second-order valence-corrected chi connectivity index (χ2v) is 4.87. The summed E-state index contributed by atoms with van der Waals surface area (Å²) in [6, 6.07) is 6.09. The second-order valence-electron chi connectivity index (χ2n) is 4.44. The number of rotatable bonds is 5. The Labute approximate surface area is 141 Å². The fourth-order valence-corrected chi connectivity index (χ4v) is 1.68. The van der Waals surface area contributed by atoms with Gasteiger partial charge in [0.05, 0.1) is 0 Å². The molecule has 0 bridgehead atoms. The molecule has 0 unspecified atom stereocenters. The zero-order valence-corrected chi connectivity index (χ0v) is 13.3. The normalized spacial score (nSPS) is 10.1. The topological polar surface area (TPSA) is 128 Å². The number of carbonyl (C=O) groups is 3. The summed E-state index contributed by atoms with van der Waals surface area (Å²) in [5.41, 5.74) is 0.684. The average Bonchev–Trinajstić information content (AvgIpc) is 3.02. The molecular formula is C13H13ClN6O4. The van der Waals surface area contributed by atoms with Crippen LogP contribution in [0.15, 0.2) is 24.3 Å². The molecule has 0 aliphatic rings. The molecule has 1 heterocycles. The molecule has 3 amide bonds. The number of hydrogen-bond donors (Lipinski definition) is 2. The molecule has 0 saturated carbocycles. The van der Waals surface area contributed by atoms with Crippen molar-refractivity contribution in [2.24, 2.45) is 0 Å². The highest BCUT2D eigenvalue weighted by molar-refractivity contribution is 6.30. The lowest BCUT2D eigenvalue weighted by Gasteiger charge is -2.04. The molecular weight excluding hydrogens is 340 g/mol. The van der Waals surface area contributed by atoms with Gasteiger partial charge >= 0.3 is 12.0 Å². The number of hydrogen-bond acceptors (Lipinski definition) is 7. The predicted molar refractivity (Wildman–Crippen MR) is 81.8 cm³/mol. The summed E-state index contributed by atoms with van der Waals surface area (Å²) >= 11 is 5.79. The molecule has 11 heteroatoms. The maximum Gasteiger partial charge on any atom is 0.330 e. The number of halogens is 1. The van der Waals surface area contributed by atoms with Gasteiger partial charge in [-0.3, -0.25) is 10.1 Å². The van der Waals surface area contributed by atoms with Gasteiger partial charge in [-0.25, -0.2) is 9.59 Å². The highest BCUT2D eigenvalue weighted by Gasteiger charge is 2.13. The first-order valence-corrected chi connectivity index (χ1v) is 7.06. The lowest BCUT2D eigenvalue weighted by Crippen LogP contribution is -2.39. The summed E-state index contributed by atoms with van der Waals surface area (Å²) in [4.78, 5) is 34.8. The number of ether oxygens (including phenoxy) is 1. The van der Waals surface area contributed by atoms with Gasteiger partial charge < -0.3 is 10.1 Å². The molecule has 0 spiro atoms. The van der Waals surface area contributed by atoms with Gasteiger partial charge in [0.25, 0.3) is 5.91 Å². The first kappa shape index (κ1) is 17.3. The highest BCUT2D eigenvalue weighted by atomic mass is 35.5. The number of amides is 3. The number of esters is 1. The second kappa shape index (κ2) is 8.02. The Hall–Kier alpha value is -3.01. The van der Waals surface area contributed by atoms with Crippen molar-refractivity contribution >= 4 is 29.5 Å². The van der Waals surface area contributed by atoms with Gasteiger partial charge in [0.1, 0.15) is 0 Å². The van der Waals surface area contributed by atoms with Crippen molar-refractivity contribution in [2.45, 2.75) is 6.54 Å². The minimum Gasteiger partial charge on any atom is -0.454 e. The number of aromatic nitrogens is 4. The highest BCUT2D eigenvalue weighted by Crippen LogP contribution is 2.16. The van der Waals surface area contributed by atoms with Crippen LogP contribution in [0.3, 0.4) is 0 Å². The van der Waals surface area contributed by atoms with Crippen molar-refractivity contribution in [1.82, 2.24) is 30.8 Å². The summed E-state index contributed by atoms with van der Waals surface area (Å²) in [5, 5.41) is 16.3. The number of urea groups is 1. The van der Waals surface area contributed by atoms with E-state index in [9.17, 15) is 14.4 Å². The Morgan fingerprint density at radius 3 is 2.62 bits per heavy atom. The van der Waals surface area contributed by atoms with Crippen molar-refractivity contribution in [3.63, 3.8) is 0 Å². The van der Waals surface area contributed by atoms with E-state index in [-0.39, 0.29) is 6.54 Å². The van der Waals surface area contributed by atoms with Crippen molar-refractivity contribution in [3.05, 3.63) is 29.3 Å². The first-order chi connectivity index (χ1) is 11.5. The average molecular weight is 353 g/mol. The van der Waals surface area contributed by atoms with Crippen molar-refractivity contribution in [1.29, 1.82) is 0 Å². The van der Waals surface area contributed by atoms with Crippen molar-refractivity contribution < 1.29 is 19.1 Å². The maximum atomic E-state index is 11.6. The summed E-state index contributed by atoms with van der Waals surface area (Å²) in [5.74, 6) is -1.19. The van der Waals surface area contributed by atoms with E-state index in [1.807, 2.05) is 5.32 Å². The van der Waals surface area contributed by atoms with Crippen LogP contribution in [0.5, 0.6) is 0 Å². The van der Waals surface area contributed by atoms with Gasteiger partial charge in [0, 0.05) is 17.6 Å². The Morgan fingerprint density at radius 2 is 1.96 bits per heavy atom. The molecule has 2 aromatic rings. The molecule has 0 saturated heterocycles. The molecule has 10 nitrogen and oxygen atoms in total. The smallest absolute Gasteiger partial charge is 0.330 e. The van der Waals surface area contributed by atoms with Crippen LogP contribution >= 0.6 is 11.6 Å². The van der Waals surface area contributed by atoms with E-state index in [2.05, 4.69) is 20.7 Å². The van der Waals surface area contributed by atoms with Crippen LogP contribution in [0.1, 0.15) is 0 Å². The largest absolute Gasteiger partial charge is 0.454 e. The monoisotopic (exact) mass is 352 g/mol. The number of carbonyl (C=O) groups excluding carboxylic acids is 3. The molecule has 1 aromatic carbocycles. The molecule has 1 aromatic heterocycles. The Morgan fingerprint density at radius 1 is 1.25 bits per heavy atom. The third-order valence-corrected chi connectivity index (χ3v) is 2.92. The van der Waals surface area contributed by atoms with Crippen molar-refractivity contribution in [3.8, 4) is 11.4 Å². The van der Waals surface area contributed by atoms with Crippen LogP contribution in [0, 0.1) is 0 Å². The Balaban J connectivity index is 1.85. The number of nitrogens with one attached hydrogen (secondary N) is 2. The Bertz CT molecular complexity index is 745. The van der Waals surface area contributed by atoms with E-state index < -0.39 is 24.5 Å². The van der Waals surface area contributed by atoms with Crippen LogP contribution in [0.2, 0.25) is 5.02 Å². The number of benzene rings is 1. The van der Waals surface area contributed by atoms with E-state index in [4.69, 9.17) is 16.3 Å². The minimum atomic E-state index is -0.754. The maximum absolute atomic E-state index is 11.6. The standard InChI is InChI=1S/C13H13ClN6O4/c1-15-13(23)16-10(21)7-24-11(22)6-20-18-12(17-19-20)8-2-4-9(14)5-3-8/h2-5H,6-7H2,1H3,(H2,15,16,21,23). The number of tetrazole rings is 1. The van der Waals surface area contributed by atoms with E-state index in [0.29, 0.717) is 16.4 Å². The fourth-order valence-electron chi connectivity index (χ4n) is 1.56. The third kappa shape index (κ3) is 5.02. The van der Waals surface area contributed by atoms with E-state index in [1.165, 1.54) is 7.05 Å². The van der Waals surface area contributed by atoms with E-state index in [1.54, 1.807) is 24.3 Å². The lowest BCUT2D eigenvalue weighted by atomic mass is 10.2. The van der Waals surface area contributed by atoms with Crippen LogP contribution in [-0.4, -0.2) is 51.8 Å². The summed E-state index contributed by atoms with van der Waals surface area (Å²) in [6.07, 6.45) is 0. The van der Waals surface area contributed by atoms with Gasteiger partial charge in [0.15, 0.2) is 13.2 Å². The summed E-state index contributed by atoms with van der Waals surface area (Å²) in [6.45, 7) is -0.918. The van der Waals surface area contributed by atoms with E-state index >= 15 is 0 Å². The molecule has 2 rings (SSSR count). The van der Waals surface area contributed by atoms with Gasteiger partial charge in [-0.05, 0) is 29.5 Å². The van der Waals surface area contributed by atoms with Crippen molar-refractivity contribution in [2.75, 3.05) is 13.7 Å². The number of nitrogens with zero attached hydrogens (tertiary/aromatic N) is 4. The SMILES string of the molecule is CNC(=O)NC(=O)COC(=O)Cn1nnc(-c2ccc(Cl)cc2)n1. The molecule has 24 heavy (non-hydrogen) atoms. The summed E-state index contributed by atoms with van der Waals surface area (Å²) < 4.78 is 4.71. The third-order valence-electron chi connectivity index (χ3n) is 2.67. The number of imide groups is 1. The molecule has 126 valence electrons. The van der Waals surface area contributed by atoms with Gasteiger partial charge in [-0.15, -0.1) is 10.2 Å². The zero-order chi connectivity index (χ0) is 17.5. The fraction of sp³-hybridized carbons (Fsp3) is 0.231. The van der Waals surface area contributed by atoms with Gasteiger partial charge in [-0.2, -0.15) is 4.80 Å². The lowest BCUT2D eigenvalue weighted by molar-refractivity contribution is -0.149. The Kier molecular flexibility index (Phi) is 5.79. The molecule has 0 radical (unpaired) electrons. The molecule has 0 fully saturated rings. The first-order valence-electron chi connectivity index (χ1n) is 6.69. The predicted octanol–water partition coefficient (Wildman–Crippen LogP) is -0.00770. The van der Waals surface area contributed by atoms with E-state index in [0.717, 1.165) is 4.80 Å². The van der Waals surface area contributed by atoms with Crippen LogP contribution in [0.25, 0.3) is 11.4 Å². The molecule has 0 aliphatic heterocycles. The van der Waals surface area contributed by atoms with Gasteiger partial charge in [-0.1, -0.05) is 11.6 Å². The van der Waals surface area contributed by atoms with Crippen LogP contribution < -0.4 is 10.6 Å². The molecule has 0 aliphatic carbocycles. The molecule has 0 atom stereocenters. The minimum absolute atomic E-state index is 0.317. The van der Waals surface area contributed by atoms with Gasteiger partial charge in [0.2, 0.25) is 5.82 Å². The zero-order valence-electron chi connectivity index (χ0n) is 12.5. The van der Waals surface area contributed by atoms with Crippen LogP contribution in [-0.2, 0) is 20.9 Å². The molecule has 2 N–H and O–H groups in total. The summed E-state index contributed by atoms with van der Waals surface area (Å²) in [7, 11) is 1.35.